The van der Waals surface area contributed by atoms with Gasteiger partial charge in [-0.15, -0.1) is 0 Å². The summed E-state index contributed by atoms with van der Waals surface area (Å²) in [5.74, 6) is -0.794. The number of hydrogen-bond donors (Lipinski definition) is 1. The van der Waals surface area contributed by atoms with Crippen LogP contribution in [-0.4, -0.2) is 26.8 Å². The van der Waals surface area contributed by atoms with Gasteiger partial charge in [-0.05, 0) is 13.8 Å². The number of carboxylic acid groups (broad SMARTS) is 1. The Kier molecular flexibility index (Phi) is 3.25. The smallest absolute Gasteiger partial charge is 0.313 e. The predicted molar refractivity (Wildman–Crippen MR) is 49.9 cm³/mol. The maximum Gasteiger partial charge on any atom is 0.313 e. The van der Waals surface area contributed by atoms with Crippen LogP contribution in [0.3, 0.4) is 0 Å². The zero-order valence-electron chi connectivity index (χ0n) is 7.44. The molecule has 0 atom stereocenters. The summed E-state index contributed by atoms with van der Waals surface area (Å²) in [4.78, 5) is 18.3. The van der Waals surface area contributed by atoms with Crippen molar-refractivity contribution in [2.24, 2.45) is 0 Å². The lowest BCUT2D eigenvalue weighted by Crippen LogP contribution is -2.00. The van der Waals surface area contributed by atoms with E-state index in [2.05, 4.69) is 9.97 Å². The molecule has 4 nitrogen and oxygen atoms in total. The standard InChI is InChI=1S/C8H10N2O2S/c1-5-6(2)9-4-10-8(5)13-3-7(11)12/h4H,3H2,1-2H3,(H,11,12). The van der Waals surface area contributed by atoms with Crippen LogP contribution in [0.25, 0.3) is 0 Å². The maximum atomic E-state index is 10.3. The normalized spacial score (nSPS) is 10.0. The Morgan fingerprint density at radius 2 is 2.23 bits per heavy atom. The molecular weight excluding hydrogens is 188 g/mol. The Morgan fingerprint density at radius 1 is 1.54 bits per heavy atom. The highest BCUT2D eigenvalue weighted by Gasteiger charge is 2.05. The van der Waals surface area contributed by atoms with E-state index >= 15 is 0 Å². The van der Waals surface area contributed by atoms with Crippen LogP contribution < -0.4 is 0 Å². The van der Waals surface area contributed by atoms with Gasteiger partial charge in [0.2, 0.25) is 0 Å². The van der Waals surface area contributed by atoms with Gasteiger partial charge in [0.1, 0.15) is 11.4 Å². The molecule has 0 aromatic carbocycles. The molecule has 0 aliphatic heterocycles. The van der Waals surface area contributed by atoms with E-state index in [-0.39, 0.29) is 5.75 Å². The second-order valence-electron chi connectivity index (χ2n) is 2.57. The second-order valence-corrected chi connectivity index (χ2v) is 3.54. The lowest BCUT2D eigenvalue weighted by molar-refractivity contribution is -0.133. The molecular formula is C8H10N2O2S. The molecule has 0 spiro atoms. The number of rotatable bonds is 3. The second kappa shape index (κ2) is 4.23. The highest BCUT2D eigenvalue weighted by molar-refractivity contribution is 7.99. The van der Waals surface area contributed by atoms with Crippen molar-refractivity contribution in [3.63, 3.8) is 0 Å². The molecule has 0 radical (unpaired) electrons. The summed E-state index contributed by atoms with van der Waals surface area (Å²) < 4.78 is 0. The molecule has 0 amide bonds. The van der Waals surface area contributed by atoms with E-state index in [0.29, 0.717) is 0 Å². The van der Waals surface area contributed by atoms with Crippen molar-refractivity contribution in [1.82, 2.24) is 9.97 Å². The molecule has 1 rings (SSSR count). The number of carboxylic acids is 1. The average Bonchev–Trinajstić information content (AvgIpc) is 2.07. The van der Waals surface area contributed by atoms with Crippen LogP contribution in [0.5, 0.6) is 0 Å². The first-order valence-electron chi connectivity index (χ1n) is 3.74. The van der Waals surface area contributed by atoms with E-state index in [1.54, 1.807) is 0 Å². The van der Waals surface area contributed by atoms with E-state index in [9.17, 15) is 4.79 Å². The van der Waals surface area contributed by atoms with Gasteiger partial charge in [-0.25, -0.2) is 9.97 Å². The van der Waals surface area contributed by atoms with Crippen molar-refractivity contribution >= 4 is 17.7 Å². The van der Waals surface area contributed by atoms with Gasteiger partial charge in [0.15, 0.2) is 0 Å². The maximum absolute atomic E-state index is 10.3. The fourth-order valence-electron chi connectivity index (χ4n) is 0.792. The monoisotopic (exact) mass is 198 g/mol. The molecule has 70 valence electrons. The zero-order valence-corrected chi connectivity index (χ0v) is 8.26. The summed E-state index contributed by atoms with van der Waals surface area (Å²) in [7, 11) is 0. The summed E-state index contributed by atoms with van der Waals surface area (Å²) in [6, 6.07) is 0. The number of hydrogen-bond acceptors (Lipinski definition) is 4. The summed E-state index contributed by atoms with van der Waals surface area (Å²) >= 11 is 1.22. The Balaban J connectivity index is 2.77. The molecule has 1 aromatic rings. The molecule has 1 N–H and O–H groups in total. The Hall–Kier alpha value is -1.10. The first kappa shape index (κ1) is 9.98. The number of nitrogens with zero attached hydrogens (tertiary/aromatic N) is 2. The molecule has 0 aliphatic carbocycles. The van der Waals surface area contributed by atoms with E-state index in [4.69, 9.17) is 5.11 Å². The minimum Gasteiger partial charge on any atom is -0.481 e. The summed E-state index contributed by atoms with van der Waals surface area (Å²) in [6.45, 7) is 3.77. The van der Waals surface area contributed by atoms with Crippen molar-refractivity contribution in [1.29, 1.82) is 0 Å². The van der Waals surface area contributed by atoms with Crippen molar-refractivity contribution in [3.8, 4) is 0 Å². The molecule has 1 heterocycles. The van der Waals surface area contributed by atoms with Gasteiger partial charge in [-0.1, -0.05) is 11.8 Å². The largest absolute Gasteiger partial charge is 0.481 e. The van der Waals surface area contributed by atoms with Gasteiger partial charge in [-0.3, -0.25) is 4.79 Å². The third-order valence-electron chi connectivity index (χ3n) is 1.62. The van der Waals surface area contributed by atoms with Crippen LogP contribution in [0.2, 0.25) is 0 Å². The summed E-state index contributed by atoms with van der Waals surface area (Å²) in [5, 5.41) is 9.22. The van der Waals surface area contributed by atoms with Crippen LogP contribution >= 0.6 is 11.8 Å². The van der Waals surface area contributed by atoms with Gasteiger partial charge in [0.25, 0.3) is 0 Å². The highest BCUT2D eigenvalue weighted by Crippen LogP contribution is 2.19. The number of aliphatic carboxylic acids is 1. The van der Waals surface area contributed by atoms with Crippen LogP contribution in [0.15, 0.2) is 11.4 Å². The van der Waals surface area contributed by atoms with Crippen molar-refractivity contribution in [2.75, 3.05) is 5.75 Å². The molecule has 0 fully saturated rings. The predicted octanol–water partition coefficient (Wildman–Crippen LogP) is 1.27. The molecule has 13 heavy (non-hydrogen) atoms. The van der Waals surface area contributed by atoms with Crippen LogP contribution in [-0.2, 0) is 4.79 Å². The van der Waals surface area contributed by atoms with E-state index in [1.165, 1.54) is 18.1 Å². The molecule has 0 bridgehead atoms. The summed E-state index contributed by atoms with van der Waals surface area (Å²) in [5.41, 5.74) is 1.84. The first-order valence-corrected chi connectivity index (χ1v) is 4.72. The van der Waals surface area contributed by atoms with Gasteiger partial charge >= 0.3 is 5.97 Å². The molecule has 0 unspecified atom stereocenters. The SMILES string of the molecule is Cc1ncnc(SCC(=O)O)c1C. The quantitative estimate of drug-likeness (QED) is 0.585. The zero-order chi connectivity index (χ0) is 9.84. The number of aromatic nitrogens is 2. The van der Waals surface area contributed by atoms with Crippen LogP contribution in [0.4, 0.5) is 0 Å². The minimum atomic E-state index is -0.833. The van der Waals surface area contributed by atoms with Gasteiger partial charge in [-0.2, -0.15) is 0 Å². The van der Waals surface area contributed by atoms with Crippen LogP contribution in [0.1, 0.15) is 11.3 Å². The number of aryl methyl sites for hydroxylation is 1. The molecule has 0 saturated heterocycles. The Bertz CT molecular complexity index is 328. The molecule has 0 aliphatic rings. The molecule has 0 saturated carbocycles. The fraction of sp³-hybridized carbons (Fsp3) is 0.375. The molecule has 5 heteroatoms. The van der Waals surface area contributed by atoms with Gasteiger partial charge < -0.3 is 5.11 Å². The number of carbonyl (C=O) groups is 1. The van der Waals surface area contributed by atoms with Crippen molar-refractivity contribution in [3.05, 3.63) is 17.6 Å². The fourth-order valence-corrected chi connectivity index (χ4v) is 1.54. The van der Waals surface area contributed by atoms with Gasteiger partial charge in [0, 0.05) is 11.3 Å². The highest BCUT2D eigenvalue weighted by atomic mass is 32.2. The van der Waals surface area contributed by atoms with Gasteiger partial charge in [0.05, 0.1) is 5.75 Å². The molecule has 1 aromatic heterocycles. The van der Waals surface area contributed by atoms with Crippen molar-refractivity contribution in [2.45, 2.75) is 18.9 Å². The first-order chi connectivity index (χ1) is 6.11. The third kappa shape index (κ3) is 2.69. The van der Waals surface area contributed by atoms with E-state index in [1.807, 2.05) is 13.8 Å². The third-order valence-corrected chi connectivity index (χ3v) is 2.70. The Labute approximate surface area is 80.4 Å². The van der Waals surface area contributed by atoms with Crippen molar-refractivity contribution < 1.29 is 9.90 Å². The minimum absolute atomic E-state index is 0.0390. The average molecular weight is 198 g/mol. The number of thioether (sulfide) groups is 1. The van der Waals surface area contributed by atoms with E-state index in [0.717, 1.165) is 16.3 Å². The Morgan fingerprint density at radius 3 is 2.85 bits per heavy atom. The lowest BCUT2D eigenvalue weighted by Gasteiger charge is -2.03. The summed E-state index contributed by atoms with van der Waals surface area (Å²) in [6.07, 6.45) is 1.45. The van der Waals surface area contributed by atoms with E-state index < -0.39 is 5.97 Å². The lowest BCUT2D eigenvalue weighted by atomic mass is 10.3. The van der Waals surface area contributed by atoms with Crippen LogP contribution in [0, 0.1) is 13.8 Å². The topological polar surface area (TPSA) is 63.1 Å².